The van der Waals surface area contributed by atoms with Crippen LogP contribution in [-0.2, 0) is 0 Å². The first kappa shape index (κ1) is 12.3. The largest absolute Gasteiger partial charge is 0.573 e. The van der Waals surface area contributed by atoms with Gasteiger partial charge in [0.15, 0.2) is 5.75 Å². The fraction of sp³-hybridized carbons (Fsp3) is 0.375. The summed E-state index contributed by atoms with van der Waals surface area (Å²) >= 11 is 1.67. The first-order valence-corrected chi connectivity index (χ1v) is 4.88. The molecule has 0 bridgehead atoms. The minimum Gasteiger partial charge on any atom is -0.495 e. The molecule has 0 aliphatic rings. The van der Waals surface area contributed by atoms with Crippen molar-refractivity contribution in [2.75, 3.05) is 7.11 Å². The molecule has 0 unspecified atom stereocenters. The quantitative estimate of drug-likeness (QED) is 0.616. The molecule has 0 fully saturated rings. The van der Waals surface area contributed by atoms with Gasteiger partial charge in [-0.3, -0.25) is 0 Å². The predicted molar refractivity (Wildman–Crippen MR) is 54.9 cm³/mol. The number of aromatic nitrogens is 1. The van der Waals surface area contributed by atoms with Crippen molar-refractivity contribution in [2.24, 2.45) is 0 Å². The molecule has 1 heterocycles. The van der Waals surface area contributed by atoms with Crippen LogP contribution in [0.1, 0.15) is 5.56 Å². The second-order valence-corrected chi connectivity index (χ2v) is 3.64. The van der Waals surface area contributed by atoms with Crippen LogP contribution in [0.15, 0.2) is 6.20 Å². The molecule has 0 saturated heterocycles. The zero-order valence-corrected chi connectivity index (χ0v) is 10.0. The van der Waals surface area contributed by atoms with E-state index in [0.29, 0.717) is 0 Å². The van der Waals surface area contributed by atoms with Gasteiger partial charge >= 0.3 is 6.36 Å². The van der Waals surface area contributed by atoms with Crippen molar-refractivity contribution in [3.8, 4) is 11.5 Å². The van der Waals surface area contributed by atoms with Crippen LogP contribution in [0.3, 0.4) is 0 Å². The van der Waals surface area contributed by atoms with Gasteiger partial charge in [-0.25, -0.2) is 4.98 Å². The Balaban J connectivity index is 3.15. The zero-order valence-electron chi connectivity index (χ0n) is 7.85. The third-order valence-electron chi connectivity index (χ3n) is 1.63. The first-order valence-electron chi connectivity index (χ1n) is 3.80. The molecular formula is C8H7F3INO2. The molecule has 0 aliphatic carbocycles. The predicted octanol–water partition coefficient (Wildman–Crippen LogP) is 2.90. The Morgan fingerprint density at radius 3 is 2.47 bits per heavy atom. The topological polar surface area (TPSA) is 31.4 Å². The van der Waals surface area contributed by atoms with Crippen LogP contribution in [0.5, 0.6) is 11.5 Å². The minimum atomic E-state index is -4.72. The van der Waals surface area contributed by atoms with Crippen LogP contribution < -0.4 is 9.47 Å². The molecule has 7 heteroatoms. The zero-order chi connectivity index (χ0) is 11.6. The van der Waals surface area contributed by atoms with Crippen molar-refractivity contribution >= 4 is 22.6 Å². The number of ether oxygens (including phenoxy) is 2. The molecule has 0 spiro atoms. The lowest BCUT2D eigenvalue weighted by Gasteiger charge is -2.14. The number of pyridine rings is 1. The number of hydrogen-bond donors (Lipinski definition) is 0. The lowest BCUT2D eigenvalue weighted by Crippen LogP contribution is -2.19. The smallest absolute Gasteiger partial charge is 0.495 e. The van der Waals surface area contributed by atoms with Gasteiger partial charge in [-0.2, -0.15) is 0 Å². The third kappa shape index (κ3) is 3.11. The molecule has 1 rings (SSSR count). The van der Waals surface area contributed by atoms with E-state index in [9.17, 15) is 13.2 Å². The number of alkyl halides is 3. The van der Waals surface area contributed by atoms with Gasteiger partial charge in [0, 0.05) is 5.56 Å². The normalized spacial score (nSPS) is 11.3. The Labute approximate surface area is 97.7 Å². The Morgan fingerprint density at radius 2 is 2.00 bits per heavy atom. The van der Waals surface area contributed by atoms with E-state index in [1.807, 2.05) is 0 Å². The Hall–Kier alpha value is -0.730. The van der Waals surface area contributed by atoms with Crippen LogP contribution in [-0.4, -0.2) is 18.5 Å². The second-order valence-electron chi connectivity index (χ2n) is 2.62. The number of methoxy groups -OCH3 is 1. The van der Waals surface area contributed by atoms with Crippen LogP contribution in [0.4, 0.5) is 13.2 Å². The Bertz CT molecular complexity index is 368. The molecule has 0 N–H and O–H groups in total. The van der Waals surface area contributed by atoms with Crippen LogP contribution >= 0.6 is 22.6 Å². The number of halogens is 4. The van der Waals surface area contributed by atoms with Crippen LogP contribution in [0.25, 0.3) is 0 Å². The van der Waals surface area contributed by atoms with Crippen LogP contribution in [0, 0.1) is 10.6 Å². The summed E-state index contributed by atoms with van der Waals surface area (Å²) in [5, 5.41) is 0. The molecular weight excluding hydrogens is 326 g/mol. The van der Waals surface area contributed by atoms with E-state index in [4.69, 9.17) is 4.74 Å². The summed E-state index contributed by atoms with van der Waals surface area (Å²) in [6.07, 6.45) is -3.38. The van der Waals surface area contributed by atoms with E-state index in [1.165, 1.54) is 20.2 Å². The molecule has 0 saturated carbocycles. The first-order chi connectivity index (χ1) is 6.85. The van der Waals surface area contributed by atoms with Gasteiger partial charge in [-0.15, -0.1) is 13.2 Å². The molecule has 0 aliphatic heterocycles. The lowest BCUT2D eigenvalue weighted by atomic mass is 10.2. The molecule has 1 aromatic rings. The van der Waals surface area contributed by atoms with E-state index in [2.05, 4.69) is 9.72 Å². The minimum absolute atomic E-state index is 0.142. The Morgan fingerprint density at radius 1 is 1.40 bits per heavy atom. The van der Waals surface area contributed by atoms with Gasteiger partial charge in [0.2, 0.25) is 0 Å². The highest BCUT2D eigenvalue weighted by atomic mass is 127. The highest BCUT2D eigenvalue weighted by Crippen LogP contribution is 2.34. The lowest BCUT2D eigenvalue weighted by molar-refractivity contribution is -0.275. The summed E-state index contributed by atoms with van der Waals surface area (Å²) in [4.78, 5) is 3.73. The van der Waals surface area contributed by atoms with Crippen LogP contribution in [0.2, 0.25) is 0 Å². The summed E-state index contributed by atoms with van der Waals surface area (Å²) < 4.78 is 45.0. The maximum absolute atomic E-state index is 12.0. The van der Waals surface area contributed by atoms with E-state index in [0.717, 1.165) is 0 Å². The molecule has 0 radical (unpaired) electrons. The fourth-order valence-corrected chi connectivity index (χ4v) is 1.63. The molecule has 15 heavy (non-hydrogen) atoms. The van der Waals surface area contributed by atoms with Crippen molar-refractivity contribution in [2.45, 2.75) is 13.3 Å². The molecule has 1 aromatic heterocycles. The summed E-state index contributed by atoms with van der Waals surface area (Å²) in [7, 11) is 1.36. The van der Waals surface area contributed by atoms with E-state index < -0.39 is 6.36 Å². The highest BCUT2D eigenvalue weighted by molar-refractivity contribution is 14.1. The SMILES string of the molecule is COc1cnc(I)c(OC(F)(F)F)c1C. The van der Waals surface area contributed by atoms with Crippen molar-refractivity contribution in [3.05, 3.63) is 15.5 Å². The van der Waals surface area contributed by atoms with Crippen molar-refractivity contribution < 1.29 is 22.6 Å². The summed E-state index contributed by atoms with van der Waals surface area (Å²) in [6, 6.07) is 0. The van der Waals surface area contributed by atoms with Gasteiger partial charge < -0.3 is 9.47 Å². The molecule has 84 valence electrons. The van der Waals surface area contributed by atoms with Gasteiger partial charge in [-0.1, -0.05) is 0 Å². The molecule has 3 nitrogen and oxygen atoms in total. The average Bonchev–Trinajstić information content (AvgIpc) is 2.11. The third-order valence-corrected chi connectivity index (χ3v) is 2.40. The monoisotopic (exact) mass is 333 g/mol. The van der Waals surface area contributed by atoms with Crippen molar-refractivity contribution in [3.63, 3.8) is 0 Å². The average molecular weight is 333 g/mol. The molecule has 0 atom stereocenters. The molecule has 0 aromatic carbocycles. The number of hydrogen-bond acceptors (Lipinski definition) is 3. The van der Waals surface area contributed by atoms with Crippen molar-refractivity contribution in [1.29, 1.82) is 0 Å². The summed E-state index contributed by atoms with van der Waals surface area (Å²) in [5.74, 6) is -0.0582. The summed E-state index contributed by atoms with van der Waals surface area (Å²) in [6.45, 7) is 1.48. The second kappa shape index (κ2) is 4.42. The fourth-order valence-electron chi connectivity index (χ4n) is 0.978. The van der Waals surface area contributed by atoms with E-state index in [1.54, 1.807) is 22.6 Å². The van der Waals surface area contributed by atoms with Gasteiger partial charge in [0.1, 0.15) is 9.45 Å². The maximum atomic E-state index is 12.0. The van der Waals surface area contributed by atoms with Gasteiger partial charge in [-0.05, 0) is 29.5 Å². The maximum Gasteiger partial charge on any atom is 0.573 e. The molecule has 0 amide bonds. The summed E-state index contributed by atoms with van der Waals surface area (Å²) in [5.41, 5.74) is 0.272. The standard InChI is InChI=1S/C8H7F3INO2/c1-4-5(14-2)3-13-7(12)6(4)15-8(9,10)11/h3H,1-2H3. The van der Waals surface area contributed by atoms with Gasteiger partial charge in [0.25, 0.3) is 0 Å². The van der Waals surface area contributed by atoms with Gasteiger partial charge in [0.05, 0.1) is 13.3 Å². The number of rotatable bonds is 2. The van der Waals surface area contributed by atoms with E-state index >= 15 is 0 Å². The Kier molecular flexibility index (Phi) is 3.63. The van der Waals surface area contributed by atoms with Crippen molar-refractivity contribution in [1.82, 2.24) is 4.98 Å². The van der Waals surface area contributed by atoms with E-state index in [-0.39, 0.29) is 20.8 Å². The highest BCUT2D eigenvalue weighted by Gasteiger charge is 2.33. The number of nitrogens with zero attached hydrogens (tertiary/aromatic N) is 1.